The summed E-state index contributed by atoms with van der Waals surface area (Å²) in [5.74, 6) is 1.92. The van der Waals surface area contributed by atoms with Crippen molar-refractivity contribution in [2.24, 2.45) is 0 Å². The van der Waals surface area contributed by atoms with Gasteiger partial charge < -0.3 is 24.4 Å². The van der Waals surface area contributed by atoms with Crippen LogP contribution in [0.15, 0.2) is 48.5 Å². The molecule has 0 saturated carbocycles. The number of carbonyl (C=O) groups excluding carboxylic acids is 2. The average Bonchev–Trinajstić information content (AvgIpc) is 2.79. The molecule has 0 unspecified atom stereocenters. The highest BCUT2D eigenvalue weighted by molar-refractivity contribution is 5.87. The molecule has 0 spiro atoms. The fourth-order valence-electron chi connectivity index (χ4n) is 2.95. The first-order valence-corrected chi connectivity index (χ1v) is 9.89. The molecule has 7 nitrogen and oxygen atoms in total. The van der Waals surface area contributed by atoms with Gasteiger partial charge in [0, 0.05) is 20.0 Å². The van der Waals surface area contributed by atoms with E-state index in [1.807, 2.05) is 48.5 Å². The molecule has 0 bridgehead atoms. The van der Waals surface area contributed by atoms with Crippen LogP contribution >= 0.6 is 0 Å². The van der Waals surface area contributed by atoms with Crippen molar-refractivity contribution in [3.8, 4) is 17.2 Å². The second kappa shape index (κ2) is 11.7. The molecule has 2 amide bonds. The summed E-state index contributed by atoms with van der Waals surface area (Å²) in [5, 5.41) is 2.61. The molecule has 0 fully saturated rings. The van der Waals surface area contributed by atoms with E-state index in [4.69, 9.17) is 14.2 Å². The van der Waals surface area contributed by atoms with Crippen LogP contribution in [-0.4, -0.2) is 50.6 Å². The predicted octanol–water partition coefficient (Wildman–Crippen LogP) is 3.03. The number of hydrogen-bond acceptors (Lipinski definition) is 5. The number of rotatable bonds is 11. The third-order valence-corrected chi connectivity index (χ3v) is 4.79. The topological polar surface area (TPSA) is 77.1 Å². The lowest BCUT2D eigenvalue weighted by molar-refractivity contribution is -0.140. The van der Waals surface area contributed by atoms with Gasteiger partial charge in [0.1, 0.15) is 23.3 Å². The Bertz CT molecular complexity index is 805. The van der Waals surface area contributed by atoms with Gasteiger partial charge in [-0.2, -0.15) is 0 Å². The van der Waals surface area contributed by atoms with Crippen LogP contribution < -0.4 is 19.5 Å². The molecule has 7 heteroatoms. The monoisotopic (exact) mass is 414 g/mol. The average molecular weight is 415 g/mol. The molecule has 1 atom stereocenters. The lowest BCUT2D eigenvalue weighted by Gasteiger charge is -2.28. The predicted molar refractivity (Wildman–Crippen MR) is 115 cm³/mol. The maximum Gasteiger partial charge on any atom is 0.242 e. The number of hydrogen-bond donors (Lipinski definition) is 1. The first kappa shape index (κ1) is 23.1. The highest BCUT2D eigenvalue weighted by Gasteiger charge is 2.25. The van der Waals surface area contributed by atoms with Crippen molar-refractivity contribution in [3.05, 3.63) is 54.1 Å². The largest absolute Gasteiger partial charge is 0.497 e. The Balaban J connectivity index is 1.94. The summed E-state index contributed by atoms with van der Waals surface area (Å²) in [6, 6.07) is 14.2. The van der Waals surface area contributed by atoms with Gasteiger partial charge in [0.15, 0.2) is 0 Å². The molecule has 0 aliphatic heterocycles. The van der Waals surface area contributed by atoms with Crippen molar-refractivity contribution in [1.29, 1.82) is 0 Å². The molecule has 30 heavy (non-hydrogen) atoms. The fraction of sp³-hybridized carbons (Fsp3) is 0.391. The quantitative estimate of drug-likeness (QED) is 0.572. The minimum absolute atomic E-state index is 0.0970. The number of carbonyl (C=O) groups is 2. The van der Waals surface area contributed by atoms with Crippen LogP contribution in [0.5, 0.6) is 17.2 Å². The Labute approximate surface area is 177 Å². The Hall–Kier alpha value is -3.22. The number of amides is 2. The van der Waals surface area contributed by atoms with Crippen molar-refractivity contribution in [2.75, 3.05) is 27.9 Å². The van der Waals surface area contributed by atoms with Gasteiger partial charge in [-0.15, -0.1) is 0 Å². The molecule has 0 saturated heterocycles. The summed E-state index contributed by atoms with van der Waals surface area (Å²) in [4.78, 5) is 26.6. The van der Waals surface area contributed by atoms with Gasteiger partial charge in [0.05, 0.1) is 20.8 Å². The zero-order chi connectivity index (χ0) is 21.9. The second-order valence-electron chi connectivity index (χ2n) is 6.79. The van der Waals surface area contributed by atoms with Gasteiger partial charge in [-0.3, -0.25) is 9.59 Å². The van der Waals surface area contributed by atoms with E-state index in [0.717, 1.165) is 22.8 Å². The molecule has 162 valence electrons. The van der Waals surface area contributed by atoms with Crippen molar-refractivity contribution < 1.29 is 23.8 Å². The van der Waals surface area contributed by atoms with E-state index < -0.39 is 6.04 Å². The molecule has 0 aliphatic carbocycles. The van der Waals surface area contributed by atoms with Crippen LogP contribution in [0.4, 0.5) is 0 Å². The van der Waals surface area contributed by atoms with E-state index in [9.17, 15) is 9.59 Å². The zero-order valence-electron chi connectivity index (χ0n) is 18.0. The maximum absolute atomic E-state index is 12.9. The van der Waals surface area contributed by atoms with Gasteiger partial charge in [-0.1, -0.05) is 12.1 Å². The molecule has 0 aromatic heterocycles. The van der Waals surface area contributed by atoms with Crippen molar-refractivity contribution in [2.45, 2.75) is 32.4 Å². The summed E-state index contributed by atoms with van der Waals surface area (Å²) in [6.07, 6.45) is 0.831. The SMILES string of the molecule is CNC(=O)[C@@H](C)N(Cc1ccc(OC)cc1)C(=O)CCCOc1ccc(OC)cc1. The highest BCUT2D eigenvalue weighted by atomic mass is 16.5. The van der Waals surface area contributed by atoms with Crippen LogP contribution in [0.1, 0.15) is 25.3 Å². The van der Waals surface area contributed by atoms with E-state index in [0.29, 0.717) is 19.6 Å². The first-order chi connectivity index (χ1) is 14.5. The van der Waals surface area contributed by atoms with E-state index in [1.165, 1.54) is 0 Å². The second-order valence-corrected chi connectivity index (χ2v) is 6.79. The van der Waals surface area contributed by atoms with Crippen LogP contribution in [0.3, 0.4) is 0 Å². The summed E-state index contributed by atoms with van der Waals surface area (Å²) in [5.41, 5.74) is 0.925. The summed E-state index contributed by atoms with van der Waals surface area (Å²) < 4.78 is 16.0. The third kappa shape index (κ3) is 6.69. The van der Waals surface area contributed by atoms with Gasteiger partial charge in [0.2, 0.25) is 11.8 Å². The third-order valence-electron chi connectivity index (χ3n) is 4.79. The normalized spacial score (nSPS) is 11.3. The Morgan fingerprint density at radius 1 is 0.933 bits per heavy atom. The number of nitrogens with one attached hydrogen (secondary N) is 1. The molecule has 2 rings (SSSR count). The molecule has 2 aromatic carbocycles. The minimum atomic E-state index is -0.577. The number of methoxy groups -OCH3 is 2. The van der Waals surface area contributed by atoms with Gasteiger partial charge in [-0.25, -0.2) is 0 Å². The van der Waals surface area contributed by atoms with E-state index in [2.05, 4.69) is 5.32 Å². The van der Waals surface area contributed by atoms with E-state index in [1.54, 1.807) is 33.1 Å². The molecular formula is C23H30N2O5. The summed E-state index contributed by atoms with van der Waals surface area (Å²) in [6.45, 7) is 2.48. The Morgan fingerprint density at radius 2 is 1.47 bits per heavy atom. The first-order valence-electron chi connectivity index (χ1n) is 9.89. The Kier molecular flexibility index (Phi) is 9.00. The van der Waals surface area contributed by atoms with E-state index >= 15 is 0 Å². The summed E-state index contributed by atoms with van der Waals surface area (Å²) >= 11 is 0. The minimum Gasteiger partial charge on any atom is -0.497 e. The van der Waals surface area contributed by atoms with Gasteiger partial charge >= 0.3 is 0 Å². The summed E-state index contributed by atoms with van der Waals surface area (Å²) in [7, 11) is 4.78. The van der Waals surface area contributed by atoms with Crippen molar-refractivity contribution in [3.63, 3.8) is 0 Å². The van der Waals surface area contributed by atoms with Crippen molar-refractivity contribution >= 4 is 11.8 Å². The lowest BCUT2D eigenvalue weighted by atomic mass is 10.1. The molecule has 0 aliphatic rings. The number of ether oxygens (including phenoxy) is 3. The van der Waals surface area contributed by atoms with E-state index in [-0.39, 0.29) is 18.2 Å². The number of nitrogens with zero attached hydrogens (tertiary/aromatic N) is 1. The molecule has 0 radical (unpaired) electrons. The number of benzene rings is 2. The van der Waals surface area contributed by atoms with Crippen LogP contribution in [0.25, 0.3) is 0 Å². The van der Waals surface area contributed by atoms with Gasteiger partial charge in [-0.05, 0) is 55.3 Å². The van der Waals surface area contributed by atoms with Gasteiger partial charge in [0.25, 0.3) is 0 Å². The lowest BCUT2D eigenvalue weighted by Crippen LogP contribution is -2.46. The molecule has 2 aromatic rings. The maximum atomic E-state index is 12.9. The molecule has 0 heterocycles. The fourth-order valence-corrected chi connectivity index (χ4v) is 2.95. The highest BCUT2D eigenvalue weighted by Crippen LogP contribution is 2.18. The zero-order valence-corrected chi connectivity index (χ0v) is 18.0. The number of likely N-dealkylation sites (N-methyl/N-ethyl adjacent to an activating group) is 1. The van der Waals surface area contributed by atoms with Crippen LogP contribution in [0, 0.1) is 0 Å². The van der Waals surface area contributed by atoms with Crippen molar-refractivity contribution in [1.82, 2.24) is 10.2 Å². The molecular weight excluding hydrogens is 384 g/mol. The standard InChI is InChI=1S/C23H30N2O5/c1-17(23(27)24-2)25(16-18-7-9-19(28-3)10-8-18)22(26)6-5-15-30-21-13-11-20(29-4)12-14-21/h7-14,17H,5-6,15-16H2,1-4H3,(H,24,27)/t17-/m1/s1. The smallest absolute Gasteiger partial charge is 0.242 e. The Morgan fingerprint density at radius 3 is 2.00 bits per heavy atom. The van der Waals surface area contributed by atoms with Crippen LogP contribution in [0.2, 0.25) is 0 Å². The van der Waals surface area contributed by atoms with Crippen LogP contribution in [-0.2, 0) is 16.1 Å². The molecule has 1 N–H and O–H groups in total.